The standard InChI is InChI=1S/C16H22N4O2/c1-12(2)22-14-6-4-13(5-7-14)20-16-10-15(18-11-19-16)17-8-9-21-3/h4-7,10-12H,8-9H2,1-3H3,(H2,17,18,19,20). The number of ether oxygens (including phenoxy) is 2. The van der Waals surface area contributed by atoms with Gasteiger partial charge in [-0.2, -0.15) is 0 Å². The molecule has 2 aromatic rings. The molecule has 0 saturated heterocycles. The van der Waals surface area contributed by atoms with Gasteiger partial charge in [-0.15, -0.1) is 0 Å². The molecule has 6 nitrogen and oxygen atoms in total. The van der Waals surface area contributed by atoms with Crippen LogP contribution in [0.2, 0.25) is 0 Å². The Labute approximate surface area is 130 Å². The molecule has 0 saturated carbocycles. The van der Waals surface area contributed by atoms with Gasteiger partial charge >= 0.3 is 0 Å². The summed E-state index contributed by atoms with van der Waals surface area (Å²) in [6, 6.07) is 9.63. The molecule has 118 valence electrons. The summed E-state index contributed by atoms with van der Waals surface area (Å²) in [5.74, 6) is 2.34. The largest absolute Gasteiger partial charge is 0.491 e. The number of methoxy groups -OCH3 is 1. The van der Waals surface area contributed by atoms with Crippen molar-refractivity contribution in [2.24, 2.45) is 0 Å². The van der Waals surface area contributed by atoms with Crippen LogP contribution < -0.4 is 15.4 Å². The first-order chi connectivity index (χ1) is 10.7. The molecule has 0 spiro atoms. The van der Waals surface area contributed by atoms with Crippen LogP contribution in [0.25, 0.3) is 0 Å². The summed E-state index contributed by atoms with van der Waals surface area (Å²) in [7, 11) is 1.67. The molecule has 0 aliphatic rings. The van der Waals surface area contributed by atoms with E-state index in [1.165, 1.54) is 6.33 Å². The van der Waals surface area contributed by atoms with E-state index in [2.05, 4.69) is 20.6 Å². The van der Waals surface area contributed by atoms with Crippen molar-refractivity contribution in [1.82, 2.24) is 9.97 Å². The van der Waals surface area contributed by atoms with Gasteiger partial charge < -0.3 is 20.1 Å². The number of nitrogens with zero attached hydrogens (tertiary/aromatic N) is 2. The van der Waals surface area contributed by atoms with Gasteiger partial charge in [-0.3, -0.25) is 0 Å². The molecule has 0 radical (unpaired) electrons. The number of nitrogens with one attached hydrogen (secondary N) is 2. The smallest absolute Gasteiger partial charge is 0.135 e. The van der Waals surface area contributed by atoms with Crippen LogP contribution in [0.1, 0.15) is 13.8 Å². The quantitative estimate of drug-likeness (QED) is 0.730. The molecule has 0 aliphatic heterocycles. The number of hydrogen-bond donors (Lipinski definition) is 2. The van der Waals surface area contributed by atoms with Crippen LogP contribution >= 0.6 is 0 Å². The fourth-order valence-corrected chi connectivity index (χ4v) is 1.84. The fourth-order valence-electron chi connectivity index (χ4n) is 1.84. The third kappa shape index (κ3) is 5.21. The summed E-state index contributed by atoms with van der Waals surface area (Å²) < 4.78 is 10.6. The van der Waals surface area contributed by atoms with Gasteiger partial charge in [0.25, 0.3) is 0 Å². The van der Waals surface area contributed by atoms with Crippen molar-refractivity contribution in [2.45, 2.75) is 20.0 Å². The molecule has 22 heavy (non-hydrogen) atoms. The normalized spacial score (nSPS) is 10.5. The number of benzene rings is 1. The van der Waals surface area contributed by atoms with Gasteiger partial charge in [0, 0.05) is 25.4 Å². The lowest BCUT2D eigenvalue weighted by atomic mass is 10.3. The highest BCUT2D eigenvalue weighted by atomic mass is 16.5. The Morgan fingerprint density at radius 1 is 1.09 bits per heavy atom. The molecule has 0 amide bonds. The van der Waals surface area contributed by atoms with E-state index < -0.39 is 0 Å². The third-order valence-corrected chi connectivity index (χ3v) is 2.78. The molecule has 2 rings (SSSR count). The van der Waals surface area contributed by atoms with E-state index in [-0.39, 0.29) is 6.10 Å². The van der Waals surface area contributed by atoms with Crippen molar-refractivity contribution in [3.05, 3.63) is 36.7 Å². The Morgan fingerprint density at radius 2 is 1.82 bits per heavy atom. The Morgan fingerprint density at radius 3 is 2.50 bits per heavy atom. The molecular weight excluding hydrogens is 280 g/mol. The van der Waals surface area contributed by atoms with Crippen molar-refractivity contribution in [3.63, 3.8) is 0 Å². The lowest BCUT2D eigenvalue weighted by Crippen LogP contribution is -2.09. The maximum Gasteiger partial charge on any atom is 0.135 e. The molecule has 1 aromatic heterocycles. The Hall–Kier alpha value is -2.34. The monoisotopic (exact) mass is 302 g/mol. The molecule has 0 unspecified atom stereocenters. The van der Waals surface area contributed by atoms with E-state index in [1.807, 2.05) is 44.2 Å². The summed E-state index contributed by atoms with van der Waals surface area (Å²) in [5, 5.41) is 6.40. The molecule has 0 fully saturated rings. The zero-order valence-corrected chi connectivity index (χ0v) is 13.2. The van der Waals surface area contributed by atoms with Gasteiger partial charge in [0.05, 0.1) is 12.7 Å². The second-order valence-electron chi connectivity index (χ2n) is 5.02. The molecular formula is C16H22N4O2. The molecule has 2 N–H and O–H groups in total. The number of hydrogen-bond acceptors (Lipinski definition) is 6. The minimum absolute atomic E-state index is 0.168. The molecule has 6 heteroatoms. The predicted octanol–water partition coefficient (Wildman–Crippen LogP) is 3.07. The van der Waals surface area contributed by atoms with Crippen LogP contribution in [-0.2, 0) is 4.74 Å². The first-order valence-corrected chi connectivity index (χ1v) is 7.26. The summed E-state index contributed by atoms with van der Waals surface area (Å²) >= 11 is 0. The van der Waals surface area contributed by atoms with Gasteiger partial charge in [0.15, 0.2) is 0 Å². The van der Waals surface area contributed by atoms with Gasteiger partial charge in [0.1, 0.15) is 23.7 Å². The molecule has 1 heterocycles. The Kier molecular flexibility index (Phi) is 5.97. The lowest BCUT2D eigenvalue weighted by Gasteiger charge is -2.11. The van der Waals surface area contributed by atoms with Gasteiger partial charge in [-0.05, 0) is 38.1 Å². The second kappa shape index (κ2) is 8.19. The third-order valence-electron chi connectivity index (χ3n) is 2.78. The number of anilines is 3. The number of rotatable bonds is 8. The average Bonchev–Trinajstić information content (AvgIpc) is 2.49. The molecule has 1 aromatic carbocycles. The highest BCUT2D eigenvalue weighted by molar-refractivity contribution is 5.59. The minimum atomic E-state index is 0.168. The van der Waals surface area contributed by atoms with Crippen LogP contribution in [0.15, 0.2) is 36.7 Å². The SMILES string of the molecule is COCCNc1cc(Nc2ccc(OC(C)C)cc2)ncn1. The van der Waals surface area contributed by atoms with E-state index in [0.717, 1.165) is 23.1 Å². The first-order valence-electron chi connectivity index (χ1n) is 7.26. The Balaban J connectivity index is 1.96. The van der Waals surface area contributed by atoms with E-state index in [9.17, 15) is 0 Å². The highest BCUT2D eigenvalue weighted by Gasteiger charge is 2.01. The minimum Gasteiger partial charge on any atom is -0.491 e. The van der Waals surface area contributed by atoms with Crippen LogP contribution in [0, 0.1) is 0 Å². The molecule has 0 bridgehead atoms. The predicted molar refractivity (Wildman–Crippen MR) is 87.9 cm³/mol. The van der Waals surface area contributed by atoms with Crippen LogP contribution in [0.4, 0.5) is 17.3 Å². The van der Waals surface area contributed by atoms with Crippen LogP contribution in [-0.4, -0.2) is 36.3 Å². The maximum atomic E-state index is 5.62. The van der Waals surface area contributed by atoms with Crippen LogP contribution in [0.5, 0.6) is 5.75 Å². The van der Waals surface area contributed by atoms with E-state index >= 15 is 0 Å². The molecule has 0 atom stereocenters. The maximum absolute atomic E-state index is 5.62. The van der Waals surface area contributed by atoms with E-state index in [0.29, 0.717) is 13.2 Å². The van der Waals surface area contributed by atoms with E-state index in [4.69, 9.17) is 9.47 Å². The Bertz CT molecular complexity index is 573. The zero-order valence-electron chi connectivity index (χ0n) is 13.2. The summed E-state index contributed by atoms with van der Waals surface area (Å²) in [6.07, 6.45) is 1.69. The average molecular weight is 302 g/mol. The van der Waals surface area contributed by atoms with Crippen molar-refractivity contribution < 1.29 is 9.47 Å². The summed E-state index contributed by atoms with van der Waals surface area (Å²) in [4.78, 5) is 8.37. The number of aromatic nitrogens is 2. The topological polar surface area (TPSA) is 68.3 Å². The van der Waals surface area contributed by atoms with Crippen LogP contribution in [0.3, 0.4) is 0 Å². The van der Waals surface area contributed by atoms with Crippen molar-refractivity contribution >= 4 is 17.3 Å². The van der Waals surface area contributed by atoms with Gasteiger partial charge in [-0.1, -0.05) is 0 Å². The lowest BCUT2D eigenvalue weighted by molar-refractivity contribution is 0.210. The van der Waals surface area contributed by atoms with E-state index in [1.54, 1.807) is 7.11 Å². The van der Waals surface area contributed by atoms with Gasteiger partial charge in [-0.25, -0.2) is 9.97 Å². The van der Waals surface area contributed by atoms with Crippen molar-refractivity contribution in [2.75, 3.05) is 30.9 Å². The molecule has 0 aliphatic carbocycles. The van der Waals surface area contributed by atoms with Crippen molar-refractivity contribution in [3.8, 4) is 5.75 Å². The fraction of sp³-hybridized carbons (Fsp3) is 0.375. The second-order valence-corrected chi connectivity index (χ2v) is 5.02. The summed E-state index contributed by atoms with van der Waals surface area (Å²) in [5.41, 5.74) is 0.942. The van der Waals surface area contributed by atoms with Gasteiger partial charge in [0.2, 0.25) is 0 Å². The summed E-state index contributed by atoms with van der Waals surface area (Å²) in [6.45, 7) is 5.34. The van der Waals surface area contributed by atoms with Crippen molar-refractivity contribution in [1.29, 1.82) is 0 Å². The highest BCUT2D eigenvalue weighted by Crippen LogP contribution is 2.20. The first kappa shape index (κ1) is 16.0. The zero-order chi connectivity index (χ0) is 15.8.